The molecule has 2 aromatic carbocycles. The maximum absolute atomic E-state index is 12.7. The molecule has 0 atom stereocenters. The Morgan fingerprint density at radius 3 is 2.69 bits per heavy atom. The summed E-state index contributed by atoms with van der Waals surface area (Å²) in [5.41, 5.74) is 2.52. The first-order chi connectivity index (χ1) is 14.0. The number of anilines is 1. The lowest BCUT2D eigenvalue weighted by atomic mass is 9.85. The molecule has 1 fully saturated rings. The van der Waals surface area contributed by atoms with E-state index in [-0.39, 0.29) is 23.6 Å². The fourth-order valence-electron chi connectivity index (χ4n) is 4.00. The van der Waals surface area contributed by atoms with Crippen LogP contribution in [0.3, 0.4) is 0 Å². The standard InChI is InChI=1S/C21H18BrClN4O2/c22-16-2-1-3-18-19(16)26-21(29)27(18)15-8-5-12(6-9-15)20(28)25-14-7-4-13(11-24)17(23)10-14/h1-4,7,10,12,15H,5-6,8-9H2,(H,25,28)(H,26,29)/t12-,15+. The Bertz CT molecular complexity index is 1190. The van der Waals surface area contributed by atoms with Gasteiger partial charge < -0.3 is 10.3 Å². The summed E-state index contributed by atoms with van der Waals surface area (Å²) in [5, 5.41) is 12.2. The van der Waals surface area contributed by atoms with Crippen LogP contribution in [-0.2, 0) is 4.79 Å². The van der Waals surface area contributed by atoms with Gasteiger partial charge in [0.25, 0.3) is 0 Å². The number of imidazole rings is 1. The molecule has 3 aromatic rings. The lowest BCUT2D eigenvalue weighted by Crippen LogP contribution is -2.31. The molecule has 2 N–H and O–H groups in total. The third-order valence-electron chi connectivity index (χ3n) is 5.49. The van der Waals surface area contributed by atoms with Gasteiger partial charge in [-0.25, -0.2) is 4.79 Å². The van der Waals surface area contributed by atoms with Crippen LogP contribution in [0.4, 0.5) is 5.69 Å². The summed E-state index contributed by atoms with van der Waals surface area (Å²) in [6.45, 7) is 0. The van der Waals surface area contributed by atoms with E-state index in [4.69, 9.17) is 16.9 Å². The molecule has 1 aromatic heterocycles. The molecule has 1 amide bonds. The Morgan fingerprint density at radius 1 is 1.24 bits per heavy atom. The molecule has 1 heterocycles. The Morgan fingerprint density at radius 2 is 2.00 bits per heavy atom. The monoisotopic (exact) mass is 472 g/mol. The predicted octanol–water partition coefficient (Wildman–Crippen LogP) is 4.99. The van der Waals surface area contributed by atoms with Gasteiger partial charge in [-0.3, -0.25) is 9.36 Å². The van der Waals surface area contributed by atoms with Gasteiger partial charge in [-0.2, -0.15) is 5.26 Å². The average Bonchev–Trinajstić information content (AvgIpc) is 3.05. The summed E-state index contributed by atoms with van der Waals surface area (Å²) < 4.78 is 2.68. The molecule has 1 aliphatic carbocycles. The smallest absolute Gasteiger partial charge is 0.326 e. The van der Waals surface area contributed by atoms with Crippen molar-refractivity contribution in [2.45, 2.75) is 31.7 Å². The summed E-state index contributed by atoms with van der Waals surface area (Å²) in [6, 6.07) is 12.7. The van der Waals surface area contributed by atoms with Crippen LogP contribution >= 0.6 is 27.5 Å². The minimum absolute atomic E-state index is 0.0572. The topological polar surface area (TPSA) is 90.7 Å². The first-order valence-electron chi connectivity index (χ1n) is 9.37. The van der Waals surface area contributed by atoms with Crippen LogP contribution in [0.2, 0.25) is 5.02 Å². The molecule has 1 saturated carbocycles. The van der Waals surface area contributed by atoms with Crippen LogP contribution in [0.15, 0.2) is 45.7 Å². The number of nitrogens with zero attached hydrogens (tertiary/aromatic N) is 2. The highest BCUT2D eigenvalue weighted by Crippen LogP contribution is 2.34. The number of benzene rings is 2. The minimum Gasteiger partial charge on any atom is -0.326 e. The van der Waals surface area contributed by atoms with E-state index in [1.54, 1.807) is 18.2 Å². The third kappa shape index (κ3) is 3.83. The summed E-state index contributed by atoms with van der Waals surface area (Å²) >= 11 is 9.52. The van der Waals surface area contributed by atoms with Crippen LogP contribution in [0.5, 0.6) is 0 Å². The van der Waals surface area contributed by atoms with Gasteiger partial charge in [-0.15, -0.1) is 0 Å². The minimum atomic E-state index is -0.118. The molecule has 0 aliphatic heterocycles. The molecule has 0 bridgehead atoms. The molecule has 8 heteroatoms. The lowest BCUT2D eigenvalue weighted by Gasteiger charge is -2.28. The number of hydrogen-bond acceptors (Lipinski definition) is 3. The number of nitrogens with one attached hydrogen (secondary N) is 2. The second-order valence-electron chi connectivity index (χ2n) is 7.24. The molecular weight excluding hydrogens is 456 g/mol. The maximum atomic E-state index is 12.7. The second-order valence-corrected chi connectivity index (χ2v) is 8.50. The first-order valence-corrected chi connectivity index (χ1v) is 10.5. The molecule has 0 saturated heterocycles. The summed E-state index contributed by atoms with van der Waals surface area (Å²) in [6.07, 6.45) is 2.92. The molecule has 0 radical (unpaired) electrons. The molecule has 0 unspecified atom stereocenters. The van der Waals surface area contributed by atoms with Gasteiger partial charge >= 0.3 is 5.69 Å². The van der Waals surface area contributed by atoms with E-state index in [0.717, 1.165) is 28.3 Å². The largest absolute Gasteiger partial charge is 0.326 e. The Kier molecular flexibility index (Phi) is 5.48. The quantitative estimate of drug-likeness (QED) is 0.561. The highest BCUT2D eigenvalue weighted by molar-refractivity contribution is 9.10. The van der Waals surface area contributed by atoms with Crippen LogP contribution in [0.25, 0.3) is 11.0 Å². The number of H-pyrrole nitrogens is 1. The van der Waals surface area contributed by atoms with Gasteiger partial charge in [0.1, 0.15) is 6.07 Å². The van der Waals surface area contributed by atoms with Crippen molar-refractivity contribution in [1.82, 2.24) is 9.55 Å². The number of carbonyl (C=O) groups excluding carboxylic acids is 1. The van der Waals surface area contributed by atoms with Gasteiger partial charge in [-0.05, 0) is 71.9 Å². The second kappa shape index (κ2) is 8.05. The number of amides is 1. The van der Waals surface area contributed by atoms with Crippen molar-refractivity contribution in [3.63, 3.8) is 0 Å². The number of aromatic nitrogens is 2. The number of carbonyl (C=O) groups is 1. The molecule has 6 nitrogen and oxygen atoms in total. The first kappa shape index (κ1) is 19.7. The molecule has 29 heavy (non-hydrogen) atoms. The fraction of sp³-hybridized carbons (Fsp3) is 0.286. The van der Waals surface area contributed by atoms with E-state index in [9.17, 15) is 9.59 Å². The lowest BCUT2D eigenvalue weighted by molar-refractivity contribution is -0.121. The number of halogens is 2. The highest BCUT2D eigenvalue weighted by Gasteiger charge is 2.29. The number of para-hydroxylation sites is 1. The third-order valence-corrected chi connectivity index (χ3v) is 6.47. The maximum Gasteiger partial charge on any atom is 0.326 e. The Hall–Kier alpha value is -2.56. The highest BCUT2D eigenvalue weighted by atomic mass is 79.9. The van der Waals surface area contributed by atoms with Gasteiger partial charge in [0, 0.05) is 22.1 Å². The number of hydrogen-bond donors (Lipinski definition) is 2. The van der Waals surface area contributed by atoms with Gasteiger partial charge in [0.15, 0.2) is 0 Å². The fourth-order valence-corrected chi connectivity index (χ4v) is 4.68. The van der Waals surface area contributed by atoms with Crippen LogP contribution in [0, 0.1) is 17.2 Å². The van der Waals surface area contributed by atoms with Gasteiger partial charge in [0.2, 0.25) is 5.91 Å². The SMILES string of the molecule is N#Cc1ccc(NC(=O)[C@H]2CC[C@@H](n3c(=O)[nH]c4c(Br)cccc43)CC2)cc1Cl. The van der Waals surface area contributed by atoms with Crippen molar-refractivity contribution in [3.8, 4) is 6.07 Å². The van der Waals surface area contributed by atoms with Crippen molar-refractivity contribution in [2.24, 2.45) is 5.92 Å². The summed E-state index contributed by atoms with van der Waals surface area (Å²) in [4.78, 5) is 28.1. The number of fused-ring (bicyclic) bond motifs is 1. The van der Waals surface area contributed by atoms with Crippen molar-refractivity contribution in [3.05, 3.63) is 61.9 Å². The zero-order chi connectivity index (χ0) is 20.5. The van der Waals surface area contributed by atoms with E-state index < -0.39 is 0 Å². The molecule has 4 rings (SSSR count). The van der Waals surface area contributed by atoms with Crippen molar-refractivity contribution in [2.75, 3.05) is 5.32 Å². The Balaban J connectivity index is 1.45. The molecule has 1 aliphatic rings. The molecule has 0 spiro atoms. The van der Waals surface area contributed by atoms with E-state index in [1.807, 2.05) is 28.8 Å². The van der Waals surface area contributed by atoms with Crippen molar-refractivity contribution < 1.29 is 4.79 Å². The average molecular weight is 474 g/mol. The summed E-state index contributed by atoms with van der Waals surface area (Å²) in [5.74, 6) is -0.174. The normalized spacial score (nSPS) is 19.1. The zero-order valence-electron chi connectivity index (χ0n) is 15.4. The van der Waals surface area contributed by atoms with E-state index in [1.165, 1.54) is 0 Å². The number of aromatic amines is 1. The summed E-state index contributed by atoms with van der Waals surface area (Å²) in [7, 11) is 0. The van der Waals surface area contributed by atoms with E-state index in [2.05, 4.69) is 26.2 Å². The Labute approximate surface area is 180 Å². The number of rotatable bonds is 3. The van der Waals surface area contributed by atoms with E-state index in [0.29, 0.717) is 29.1 Å². The number of nitriles is 1. The van der Waals surface area contributed by atoms with Crippen molar-refractivity contribution in [1.29, 1.82) is 5.26 Å². The molecule has 148 valence electrons. The van der Waals surface area contributed by atoms with Crippen LogP contribution < -0.4 is 11.0 Å². The molecular formula is C21H18BrClN4O2. The van der Waals surface area contributed by atoms with Crippen LogP contribution in [0.1, 0.15) is 37.3 Å². The van der Waals surface area contributed by atoms with Gasteiger partial charge in [-0.1, -0.05) is 17.7 Å². The zero-order valence-corrected chi connectivity index (χ0v) is 17.8. The van der Waals surface area contributed by atoms with Gasteiger partial charge in [0.05, 0.1) is 21.6 Å². The van der Waals surface area contributed by atoms with Crippen LogP contribution in [-0.4, -0.2) is 15.5 Å². The predicted molar refractivity (Wildman–Crippen MR) is 116 cm³/mol. The van der Waals surface area contributed by atoms with Crippen molar-refractivity contribution >= 4 is 50.2 Å². The van der Waals surface area contributed by atoms with E-state index >= 15 is 0 Å².